The summed E-state index contributed by atoms with van der Waals surface area (Å²) in [6, 6.07) is 10.9. The number of halogens is 3. The topological polar surface area (TPSA) is 86.3 Å². The summed E-state index contributed by atoms with van der Waals surface area (Å²) < 4.78 is 22.6. The van der Waals surface area contributed by atoms with E-state index < -0.39 is 11.8 Å². The number of urea groups is 1. The zero-order chi connectivity index (χ0) is 22.8. The monoisotopic (exact) mass is 471 g/mol. The van der Waals surface area contributed by atoms with Gasteiger partial charge >= 0.3 is 6.03 Å². The maximum Gasteiger partial charge on any atom is 0.324 e. The molecule has 0 saturated carbocycles. The molecule has 7 nitrogen and oxygen atoms in total. The van der Waals surface area contributed by atoms with Crippen molar-refractivity contribution in [1.29, 1.82) is 0 Å². The largest absolute Gasteiger partial charge is 0.455 e. The van der Waals surface area contributed by atoms with Crippen LogP contribution in [0.3, 0.4) is 0 Å². The van der Waals surface area contributed by atoms with Crippen LogP contribution < -0.4 is 15.4 Å². The summed E-state index contributed by atoms with van der Waals surface area (Å²) in [6.45, 7) is 0. The van der Waals surface area contributed by atoms with Gasteiger partial charge in [-0.2, -0.15) is 5.10 Å². The molecule has 0 aliphatic heterocycles. The maximum absolute atomic E-state index is 15.0. The first-order chi connectivity index (χ1) is 15.3. The van der Waals surface area contributed by atoms with Crippen LogP contribution >= 0.6 is 23.2 Å². The lowest BCUT2D eigenvalue weighted by molar-refractivity contribution is 0.255. The Balaban J connectivity index is 1.77. The van der Waals surface area contributed by atoms with E-state index in [2.05, 4.69) is 10.1 Å². The molecule has 0 fully saturated rings. The van der Waals surface area contributed by atoms with Crippen LogP contribution in [0.25, 0.3) is 11.3 Å². The van der Waals surface area contributed by atoms with Gasteiger partial charge in [-0.25, -0.2) is 9.18 Å². The molecule has 2 aromatic heterocycles. The van der Waals surface area contributed by atoms with Gasteiger partial charge in [-0.3, -0.25) is 14.6 Å². The lowest BCUT2D eigenvalue weighted by Crippen LogP contribution is -2.32. The number of carbonyl (C=O) groups is 1. The summed E-state index contributed by atoms with van der Waals surface area (Å²) in [4.78, 5) is 17.6. The molecule has 0 atom stereocenters. The van der Waals surface area contributed by atoms with Gasteiger partial charge in [0.25, 0.3) is 0 Å². The molecule has 4 aromatic rings. The van der Waals surface area contributed by atoms with Gasteiger partial charge in [0, 0.05) is 41.1 Å². The predicted molar refractivity (Wildman–Crippen MR) is 121 cm³/mol. The molecular formula is C22H16Cl2FN5O2. The number of benzene rings is 2. The van der Waals surface area contributed by atoms with E-state index in [0.29, 0.717) is 11.4 Å². The number of nitrogens with two attached hydrogens (primary N) is 1. The average molecular weight is 472 g/mol. The Hall–Kier alpha value is -3.62. The molecule has 0 bridgehead atoms. The third-order valence-electron chi connectivity index (χ3n) is 4.46. The first-order valence-electron chi connectivity index (χ1n) is 9.29. The van der Waals surface area contributed by atoms with Crippen molar-refractivity contribution in [3.63, 3.8) is 0 Å². The number of para-hydroxylation sites is 1. The second-order valence-corrected chi connectivity index (χ2v) is 7.64. The van der Waals surface area contributed by atoms with Crippen molar-refractivity contribution in [2.45, 2.75) is 0 Å². The number of aromatic nitrogens is 3. The molecule has 32 heavy (non-hydrogen) atoms. The van der Waals surface area contributed by atoms with Crippen molar-refractivity contribution in [2.75, 3.05) is 4.90 Å². The minimum absolute atomic E-state index is 0.0586. The van der Waals surface area contributed by atoms with Gasteiger partial charge in [0.2, 0.25) is 0 Å². The highest BCUT2D eigenvalue weighted by Gasteiger charge is 2.24. The predicted octanol–water partition coefficient (Wildman–Crippen LogP) is 5.94. The van der Waals surface area contributed by atoms with E-state index in [1.54, 1.807) is 42.5 Å². The maximum atomic E-state index is 15.0. The molecule has 2 aromatic carbocycles. The van der Waals surface area contributed by atoms with E-state index in [-0.39, 0.29) is 27.2 Å². The Kier molecular flexibility index (Phi) is 5.98. The van der Waals surface area contributed by atoms with Crippen LogP contribution in [0.1, 0.15) is 0 Å². The fourth-order valence-electron chi connectivity index (χ4n) is 3.14. The summed E-state index contributed by atoms with van der Waals surface area (Å²) in [5, 5.41) is 4.64. The van der Waals surface area contributed by atoms with Crippen molar-refractivity contribution >= 4 is 40.6 Å². The first-order valence-corrected chi connectivity index (χ1v) is 10.0. The minimum Gasteiger partial charge on any atom is -0.455 e. The fraction of sp³-hybridized carbons (Fsp3) is 0.0455. The average Bonchev–Trinajstić information content (AvgIpc) is 3.16. The second-order valence-electron chi connectivity index (χ2n) is 6.77. The van der Waals surface area contributed by atoms with Crippen molar-refractivity contribution in [3.8, 4) is 22.8 Å². The third-order valence-corrected chi connectivity index (χ3v) is 4.90. The number of nitrogens with zero attached hydrogens (tertiary/aromatic N) is 4. The quantitative estimate of drug-likeness (QED) is 0.390. The molecule has 4 rings (SSSR count). The standard InChI is InChI=1S/C22H16Cl2FN5O2/c1-29-12-13(11-28-29)19-10-17(5-6-27-19)32-20-4-2-3-18(25)21(20)30(22(26)31)16-8-14(23)7-15(24)9-16/h2-12H,1H3,(H2,26,31). The summed E-state index contributed by atoms with van der Waals surface area (Å²) >= 11 is 12.1. The van der Waals surface area contributed by atoms with Gasteiger partial charge in [0.05, 0.1) is 17.6 Å². The fourth-order valence-corrected chi connectivity index (χ4v) is 3.66. The summed E-state index contributed by atoms with van der Waals surface area (Å²) in [5.74, 6) is -0.290. The van der Waals surface area contributed by atoms with Gasteiger partial charge in [0.15, 0.2) is 11.6 Å². The van der Waals surface area contributed by atoms with E-state index in [9.17, 15) is 9.18 Å². The molecule has 0 spiro atoms. The highest BCUT2D eigenvalue weighted by molar-refractivity contribution is 6.35. The molecule has 10 heteroatoms. The van der Waals surface area contributed by atoms with Gasteiger partial charge in [0.1, 0.15) is 11.4 Å². The van der Waals surface area contributed by atoms with E-state index >= 15 is 0 Å². The van der Waals surface area contributed by atoms with E-state index in [1.807, 2.05) is 0 Å². The second kappa shape index (κ2) is 8.86. The van der Waals surface area contributed by atoms with Gasteiger partial charge in [-0.05, 0) is 36.4 Å². The number of anilines is 2. The normalized spacial score (nSPS) is 10.8. The zero-order valence-electron chi connectivity index (χ0n) is 16.7. The van der Waals surface area contributed by atoms with Crippen molar-refractivity contribution in [2.24, 2.45) is 12.8 Å². The summed E-state index contributed by atoms with van der Waals surface area (Å²) in [6.07, 6.45) is 5.02. The van der Waals surface area contributed by atoms with Crippen LogP contribution in [0.15, 0.2) is 67.1 Å². The zero-order valence-corrected chi connectivity index (χ0v) is 18.2. The molecule has 0 aliphatic carbocycles. The smallest absolute Gasteiger partial charge is 0.324 e. The number of aryl methyl sites for hydroxylation is 1. The minimum atomic E-state index is -0.941. The van der Waals surface area contributed by atoms with Crippen LogP contribution in [-0.2, 0) is 7.05 Å². The van der Waals surface area contributed by atoms with Crippen molar-refractivity contribution in [3.05, 3.63) is 83.0 Å². The molecule has 0 saturated heterocycles. The Morgan fingerprint density at radius 2 is 1.91 bits per heavy atom. The van der Waals surface area contributed by atoms with Gasteiger partial charge in [-0.1, -0.05) is 29.3 Å². The molecule has 2 amide bonds. The van der Waals surface area contributed by atoms with Crippen LogP contribution in [0.2, 0.25) is 10.0 Å². The Labute approximate surface area is 192 Å². The van der Waals surface area contributed by atoms with Crippen LogP contribution in [0.4, 0.5) is 20.6 Å². The van der Waals surface area contributed by atoms with Crippen molar-refractivity contribution < 1.29 is 13.9 Å². The van der Waals surface area contributed by atoms with Crippen LogP contribution in [0, 0.1) is 5.82 Å². The van der Waals surface area contributed by atoms with Crippen LogP contribution in [0.5, 0.6) is 11.5 Å². The SMILES string of the molecule is Cn1cc(-c2cc(Oc3cccc(F)c3N(C(N)=O)c3cc(Cl)cc(Cl)c3)ccn2)cn1. The highest BCUT2D eigenvalue weighted by Crippen LogP contribution is 2.40. The number of primary amides is 1. The number of pyridine rings is 1. The first kappa shape index (κ1) is 21.6. The molecule has 0 radical (unpaired) electrons. The number of rotatable bonds is 5. The summed E-state index contributed by atoms with van der Waals surface area (Å²) in [5.41, 5.74) is 7.00. The molecule has 162 valence electrons. The number of ether oxygens (including phenoxy) is 1. The Bertz CT molecular complexity index is 1290. The molecule has 0 unspecified atom stereocenters. The number of amides is 2. The number of hydrogen-bond acceptors (Lipinski definition) is 4. The molecule has 0 aliphatic rings. The molecular weight excluding hydrogens is 456 g/mol. The van der Waals surface area contributed by atoms with E-state index in [0.717, 1.165) is 10.5 Å². The summed E-state index contributed by atoms with van der Waals surface area (Å²) in [7, 11) is 1.80. The van der Waals surface area contributed by atoms with Crippen molar-refractivity contribution in [1.82, 2.24) is 14.8 Å². The lowest BCUT2D eigenvalue weighted by atomic mass is 10.2. The Morgan fingerprint density at radius 3 is 2.56 bits per heavy atom. The number of hydrogen-bond donors (Lipinski definition) is 1. The molecule has 2 heterocycles. The van der Waals surface area contributed by atoms with Gasteiger partial charge in [-0.15, -0.1) is 0 Å². The highest BCUT2D eigenvalue weighted by atomic mass is 35.5. The van der Waals surface area contributed by atoms with E-state index in [4.69, 9.17) is 33.7 Å². The molecule has 2 N–H and O–H groups in total. The van der Waals surface area contributed by atoms with Gasteiger partial charge < -0.3 is 10.5 Å². The van der Waals surface area contributed by atoms with Crippen LogP contribution in [-0.4, -0.2) is 20.8 Å². The number of carbonyl (C=O) groups excluding carboxylic acids is 1. The lowest BCUT2D eigenvalue weighted by Gasteiger charge is -2.24. The van der Waals surface area contributed by atoms with E-state index in [1.165, 1.54) is 36.4 Å². The third kappa shape index (κ3) is 4.51. The Morgan fingerprint density at radius 1 is 1.16 bits per heavy atom.